The fourth-order valence-electron chi connectivity index (χ4n) is 0.588. The van der Waals surface area contributed by atoms with Gasteiger partial charge in [-0.15, -0.1) is 0 Å². The fraction of sp³-hybridized carbons (Fsp3) is 0.750. The van der Waals surface area contributed by atoms with Crippen LogP contribution in [0.1, 0.15) is 20.3 Å². The molecule has 0 bridgehead atoms. The zero-order chi connectivity index (χ0) is 8.15. The molecule has 0 heterocycles. The van der Waals surface area contributed by atoms with Gasteiger partial charge in [0.25, 0.3) is 0 Å². The van der Waals surface area contributed by atoms with Gasteiger partial charge < -0.3 is 10.6 Å². The molecular formula is C8H18N2. The molecule has 0 aliphatic heterocycles. The van der Waals surface area contributed by atoms with Crippen LogP contribution in [0.4, 0.5) is 0 Å². The molecule has 0 saturated heterocycles. The van der Waals surface area contributed by atoms with E-state index in [0.717, 1.165) is 18.7 Å². The van der Waals surface area contributed by atoms with Crippen LogP contribution in [-0.2, 0) is 0 Å². The first-order valence-electron chi connectivity index (χ1n) is 3.66. The van der Waals surface area contributed by atoms with E-state index in [4.69, 9.17) is 5.73 Å². The highest BCUT2D eigenvalue weighted by Crippen LogP contribution is 1.97. The first kappa shape index (κ1) is 9.50. The van der Waals surface area contributed by atoms with Gasteiger partial charge in [0.1, 0.15) is 0 Å². The minimum absolute atomic E-state index is 0.293. The molecule has 0 saturated carbocycles. The second kappa shape index (κ2) is 4.34. The lowest BCUT2D eigenvalue weighted by Crippen LogP contribution is -2.24. The highest BCUT2D eigenvalue weighted by molar-refractivity contribution is 4.86. The summed E-state index contributed by atoms with van der Waals surface area (Å²) in [5.74, 6) is 0. The number of rotatable bonds is 4. The number of nitrogens with zero attached hydrogens (tertiary/aromatic N) is 1. The predicted octanol–water partition coefficient (Wildman–Crippen LogP) is 1.19. The summed E-state index contributed by atoms with van der Waals surface area (Å²) in [5, 5.41) is 0. The van der Waals surface area contributed by atoms with Crippen LogP contribution in [0.25, 0.3) is 0 Å². The molecule has 10 heavy (non-hydrogen) atoms. The highest BCUT2D eigenvalue weighted by atomic mass is 15.1. The van der Waals surface area contributed by atoms with Gasteiger partial charge in [0, 0.05) is 25.3 Å². The van der Waals surface area contributed by atoms with Crippen LogP contribution in [0.5, 0.6) is 0 Å². The second-order valence-electron chi connectivity index (χ2n) is 2.92. The van der Waals surface area contributed by atoms with Gasteiger partial charge in [0.2, 0.25) is 0 Å². The standard InChI is InChI=1S/C8H18N2/c1-7(2)10(4)6-5-8(3)9/h8H,1,5-6,9H2,2-4H3/t8-/m0/s1. The zero-order valence-electron chi connectivity index (χ0n) is 7.22. The van der Waals surface area contributed by atoms with Gasteiger partial charge in [-0.1, -0.05) is 6.58 Å². The van der Waals surface area contributed by atoms with Gasteiger partial charge in [-0.3, -0.25) is 0 Å². The Labute approximate surface area is 63.7 Å². The van der Waals surface area contributed by atoms with E-state index in [0.29, 0.717) is 6.04 Å². The monoisotopic (exact) mass is 142 g/mol. The van der Waals surface area contributed by atoms with Crippen LogP contribution in [0, 0.1) is 0 Å². The molecular weight excluding hydrogens is 124 g/mol. The van der Waals surface area contributed by atoms with Crippen molar-refractivity contribution in [3.8, 4) is 0 Å². The molecule has 0 aliphatic rings. The Kier molecular flexibility index (Phi) is 4.12. The molecule has 0 amide bonds. The Morgan fingerprint density at radius 2 is 2.20 bits per heavy atom. The summed E-state index contributed by atoms with van der Waals surface area (Å²) in [6, 6.07) is 0.293. The summed E-state index contributed by atoms with van der Waals surface area (Å²) in [6.45, 7) is 8.85. The van der Waals surface area contributed by atoms with E-state index < -0.39 is 0 Å². The third-order valence-electron chi connectivity index (χ3n) is 1.57. The maximum absolute atomic E-state index is 5.58. The Morgan fingerprint density at radius 3 is 2.50 bits per heavy atom. The summed E-state index contributed by atoms with van der Waals surface area (Å²) in [4.78, 5) is 2.11. The first-order valence-corrected chi connectivity index (χ1v) is 3.66. The van der Waals surface area contributed by atoms with Crippen molar-refractivity contribution in [3.05, 3.63) is 12.3 Å². The van der Waals surface area contributed by atoms with E-state index in [2.05, 4.69) is 11.5 Å². The second-order valence-corrected chi connectivity index (χ2v) is 2.92. The van der Waals surface area contributed by atoms with Crippen LogP contribution in [-0.4, -0.2) is 24.5 Å². The van der Waals surface area contributed by atoms with Crippen molar-refractivity contribution >= 4 is 0 Å². The maximum atomic E-state index is 5.58. The van der Waals surface area contributed by atoms with Crippen molar-refractivity contribution in [2.75, 3.05) is 13.6 Å². The van der Waals surface area contributed by atoms with Crippen LogP contribution in [0.2, 0.25) is 0 Å². The van der Waals surface area contributed by atoms with E-state index >= 15 is 0 Å². The summed E-state index contributed by atoms with van der Waals surface area (Å²) >= 11 is 0. The van der Waals surface area contributed by atoms with Crippen molar-refractivity contribution in [2.45, 2.75) is 26.3 Å². The van der Waals surface area contributed by atoms with Crippen molar-refractivity contribution in [1.29, 1.82) is 0 Å². The Morgan fingerprint density at radius 1 is 1.70 bits per heavy atom. The number of hydrogen-bond donors (Lipinski definition) is 1. The Bertz CT molecular complexity index is 108. The summed E-state index contributed by atoms with van der Waals surface area (Å²) in [5.41, 5.74) is 6.68. The summed E-state index contributed by atoms with van der Waals surface area (Å²) in [7, 11) is 2.03. The Balaban J connectivity index is 3.40. The van der Waals surface area contributed by atoms with Crippen molar-refractivity contribution in [2.24, 2.45) is 5.73 Å². The average molecular weight is 142 g/mol. The molecule has 0 aromatic heterocycles. The molecule has 2 N–H and O–H groups in total. The van der Waals surface area contributed by atoms with E-state index in [1.807, 2.05) is 20.9 Å². The number of nitrogens with two attached hydrogens (primary N) is 1. The molecule has 60 valence electrons. The molecule has 0 spiro atoms. The summed E-state index contributed by atoms with van der Waals surface area (Å²) < 4.78 is 0. The summed E-state index contributed by atoms with van der Waals surface area (Å²) in [6.07, 6.45) is 1.03. The molecule has 0 radical (unpaired) electrons. The van der Waals surface area contributed by atoms with Gasteiger partial charge in [0.15, 0.2) is 0 Å². The van der Waals surface area contributed by atoms with E-state index in [-0.39, 0.29) is 0 Å². The molecule has 2 nitrogen and oxygen atoms in total. The minimum Gasteiger partial charge on any atom is -0.379 e. The van der Waals surface area contributed by atoms with E-state index in [9.17, 15) is 0 Å². The van der Waals surface area contributed by atoms with E-state index in [1.54, 1.807) is 0 Å². The minimum atomic E-state index is 0.293. The molecule has 0 rings (SSSR count). The highest BCUT2D eigenvalue weighted by Gasteiger charge is 1.98. The largest absolute Gasteiger partial charge is 0.379 e. The lowest BCUT2D eigenvalue weighted by atomic mass is 10.2. The zero-order valence-corrected chi connectivity index (χ0v) is 7.22. The molecule has 2 heteroatoms. The molecule has 1 atom stereocenters. The molecule has 0 unspecified atom stereocenters. The third-order valence-corrected chi connectivity index (χ3v) is 1.57. The number of hydrogen-bond acceptors (Lipinski definition) is 2. The van der Waals surface area contributed by atoms with Crippen LogP contribution in [0.3, 0.4) is 0 Å². The SMILES string of the molecule is C=C(C)N(C)CC[C@H](C)N. The normalized spacial score (nSPS) is 12.8. The fourth-order valence-corrected chi connectivity index (χ4v) is 0.588. The smallest absolute Gasteiger partial charge is 0.0186 e. The Hall–Kier alpha value is -0.500. The first-order chi connectivity index (χ1) is 4.54. The molecule has 0 aromatic rings. The third kappa shape index (κ3) is 4.39. The van der Waals surface area contributed by atoms with Crippen LogP contribution < -0.4 is 5.73 Å². The van der Waals surface area contributed by atoms with Gasteiger partial charge in [-0.05, 0) is 20.3 Å². The van der Waals surface area contributed by atoms with Crippen LogP contribution >= 0.6 is 0 Å². The van der Waals surface area contributed by atoms with Crippen molar-refractivity contribution in [3.63, 3.8) is 0 Å². The van der Waals surface area contributed by atoms with E-state index in [1.165, 1.54) is 0 Å². The average Bonchev–Trinajstić information content (AvgIpc) is 1.82. The lowest BCUT2D eigenvalue weighted by molar-refractivity contribution is 0.396. The van der Waals surface area contributed by atoms with Gasteiger partial charge in [-0.25, -0.2) is 0 Å². The van der Waals surface area contributed by atoms with Crippen LogP contribution in [0.15, 0.2) is 12.3 Å². The molecule has 0 aromatic carbocycles. The topological polar surface area (TPSA) is 29.3 Å². The molecule has 0 fully saturated rings. The molecule has 0 aliphatic carbocycles. The number of allylic oxidation sites excluding steroid dienone is 1. The van der Waals surface area contributed by atoms with Crippen molar-refractivity contribution < 1.29 is 0 Å². The quantitative estimate of drug-likeness (QED) is 0.639. The van der Waals surface area contributed by atoms with Gasteiger partial charge in [0.05, 0.1) is 0 Å². The lowest BCUT2D eigenvalue weighted by Gasteiger charge is -2.19. The van der Waals surface area contributed by atoms with Gasteiger partial charge >= 0.3 is 0 Å². The predicted molar refractivity (Wildman–Crippen MR) is 45.7 cm³/mol. The van der Waals surface area contributed by atoms with Gasteiger partial charge in [-0.2, -0.15) is 0 Å². The maximum Gasteiger partial charge on any atom is 0.0186 e. The van der Waals surface area contributed by atoms with Crippen molar-refractivity contribution in [1.82, 2.24) is 4.90 Å².